The summed E-state index contributed by atoms with van der Waals surface area (Å²) in [7, 11) is 0. The Labute approximate surface area is 111 Å². The summed E-state index contributed by atoms with van der Waals surface area (Å²) in [6.45, 7) is 5.96. The lowest BCUT2D eigenvalue weighted by atomic mass is 10.3. The Morgan fingerprint density at radius 3 is 2.61 bits per heavy atom. The Morgan fingerprint density at radius 2 is 2.17 bits per heavy atom. The Balaban J connectivity index is 2.70. The van der Waals surface area contributed by atoms with Crippen LogP contribution in [0.25, 0.3) is 0 Å². The van der Waals surface area contributed by atoms with Crippen molar-refractivity contribution in [2.24, 2.45) is 0 Å². The first kappa shape index (κ1) is 14.6. The van der Waals surface area contributed by atoms with Crippen molar-refractivity contribution in [2.45, 2.75) is 26.8 Å². The van der Waals surface area contributed by atoms with Gasteiger partial charge in [-0.15, -0.1) is 0 Å². The summed E-state index contributed by atoms with van der Waals surface area (Å²) in [4.78, 5) is 25.1. The number of furan rings is 1. The van der Waals surface area contributed by atoms with Crippen LogP contribution in [0.5, 0.6) is 0 Å². The minimum Gasteiger partial charge on any atom is -0.452 e. The molecule has 0 saturated carbocycles. The van der Waals surface area contributed by atoms with Gasteiger partial charge in [0.15, 0.2) is 0 Å². The highest BCUT2D eigenvalue weighted by molar-refractivity contribution is 6.32. The van der Waals surface area contributed by atoms with Gasteiger partial charge in [-0.3, -0.25) is 9.59 Å². The van der Waals surface area contributed by atoms with E-state index in [1.165, 1.54) is 17.2 Å². The van der Waals surface area contributed by atoms with Crippen LogP contribution in [0.4, 0.5) is 0 Å². The van der Waals surface area contributed by atoms with Crippen LogP contribution in [-0.2, 0) is 4.79 Å². The number of rotatable bonds is 5. The minimum atomic E-state index is -0.310. The molecule has 1 aromatic rings. The zero-order valence-electron chi connectivity index (χ0n) is 10.7. The molecule has 100 valence electrons. The molecule has 0 aromatic carbocycles. The monoisotopic (exact) mass is 272 g/mol. The minimum absolute atomic E-state index is 0.00895. The number of hydrogen-bond donors (Lipinski definition) is 1. The zero-order chi connectivity index (χ0) is 13.7. The summed E-state index contributed by atoms with van der Waals surface area (Å²) < 4.78 is 4.87. The third kappa shape index (κ3) is 3.77. The largest absolute Gasteiger partial charge is 0.452 e. The van der Waals surface area contributed by atoms with Gasteiger partial charge in [0.25, 0.3) is 5.91 Å². The predicted octanol–water partition coefficient (Wildman–Crippen LogP) is 1.92. The lowest BCUT2D eigenvalue weighted by Crippen LogP contribution is -2.42. The van der Waals surface area contributed by atoms with Gasteiger partial charge in [-0.1, -0.05) is 0 Å². The average Bonchev–Trinajstić information content (AvgIpc) is 2.70. The third-order valence-electron chi connectivity index (χ3n) is 2.30. The van der Waals surface area contributed by atoms with Crippen molar-refractivity contribution in [3.63, 3.8) is 0 Å². The molecule has 0 spiro atoms. The number of nitrogens with one attached hydrogen (secondary N) is 1. The summed E-state index contributed by atoms with van der Waals surface area (Å²) >= 11 is 5.74. The maximum atomic E-state index is 12.1. The number of hydrogen-bond acceptors (Lipinski definition) is 3. The molecule has 1 heterocycles. The van der Waals surface area contributed by atoms with Crippen LogP contribution in [0.15, 0.2) is 16.7 Å². The first-order valence-corrected chi connectivity index (χ1v) is 6.15. The quantitative estimate of drug-likeness (QED) is 0.891. The molecule has 0 unspecified atom stereocenters. The predicted molar refractivity (Wildman–Crippen MR) is 68.6 cm³/mol. The fourth-order valence-electron chi connectivity index (χ4n) is 1.48. The molecule has 0 fully saturated rings. The summed E-state index contributed by atoms with van der Waals surface area (Å²) in [6.07, 6.45) is 1.34. The van der Waals surface area contributed by atoms with E-state index >= 15 is 0 Å². The first-order chi connectivity index (χ1) is 8.45. The number of carbonyl (C=O) groups is 2. The summed E-state index contributed by atoms with van der Waals surface area (Å²) in [5, 5.41) is 2.78. The number of nitrogens with zero attached hydrogens (tertiary/aromatic N) is 1. The number of amides is 2. The molecule has 0 saturated heterocycles. The molecule has 0 aliphatic heterocycles. The van der Waals surface area contributed by atoms with Crippen LogP contribution in [0.3, 0.4) is 0 Å². The van der Waals surface area contributed by atoms with E-state index in [1.54, 1.807) is 6.92 Å². The van der Waals surface area contributed by atoms with E-state index in [4.69, 9.17) is 16.0 Å². The van der Waals surface area contributed by atoms with Gasteiger partial charge in [0.2, 0.25) is 11.1 Å². The van der Waals surface area contributed by atoms with E-state index in [2.05, 4.69) is 5.32 Å². The van der Waals surface area contributed by atoms with E-state index in [-0.39, 0.29) is 35.2 Å². The molecule has 0 bridgehead atoms. The Bertz CT molecular complexity index is 429. The Morgan fingerprint density at radius 1 is 1.50 bits per heavy atom. The van der Waals surface area contributed by atoms with Gasteiger partial charge >= 0.3 is 0 Å². The SMILES string of the molecule is CCN(CC(=O)NC(C)C)C(=O)c1ccoc1Cl. The van der Waals surface area contributed by atoms with Crippen molar-refractivity contribution in [1.29, 1.82) is 0 Å². The van der Waals surface area contributed by atoms with Crippen LogP contribution >= 0.6 is 11.6 Å². The molecule has 18 heavy (non-hydrogen) atoms. The summed E-state index contributed by atoms with van der Waals surface area (Å²) in [6, 6.07) is 1.54. The van der Waals surface area contributed by atoms with E-state index < -0.39 is 0 Å². The molecule has 0 aliphatic carbocycles. The second kappa shape index (κ2) is 6.44. The van der Waals surface area contributed by atoms with Crippen molar-refractivity contribution < 1.29 is 14.0 Å². The Hall–Kier alpha value is -1.49. The van der Waals surface area contributed by atoms with Crippen LogP contribution in [-0.4, -0.2) is 35.8 Å². The van der Waals surface area contributed by atoms with Gasteiger partial charge < -0.3 is 14.6 Å². The summed E-state index contributed by atoms with van der Waals surface area (Å²) in [5.74, 6) is -0.505. The molecular formula is C12H17ClN2O3. The maximum absolute atomic E-state index is 12.1. The lowest BCUT2D eigenvalue weighted by molar-refractivity contribution is -0.122. The molecule has 5 nitrogen and oxygen atoms in total. The van der Waals surface area contributed by atoms with Crippen LogP contribution in [0.1, 0.15) is 31.1 Å². The van der Waals surface area contributed by atoms with Gasteiger partial charge in [-0.25, -0.2) is 0 Å². The van der Waals surface area contributed by atoms with Crippen LogP contribution in [0, 0.1) is 0 Å². The Kier molecular flexibility index (Phi) is 5.22. The van der Waals surface area contributed by atoms with Crippen molar-refractivity contribution >= 4 is 23.4 Å². The number of likely N-dealkylation sites (N-methyl/N-ethyl adjacent to an activating group) is 1. The standard InChI is InChI=1S/C12H17ClN2O3/c1-4-15(7-10(16)14-8(2)3)12(17)9-5-6-18-11(9)13/h5-6,8H,4,7H2,1-3H3,(H,14,16). The van der Waals surface area contributed by atoms with Gasteiger partial charge in [-0.2, -0.15) is 0 Å². The molecule has 1 N–H and O–H groups in total. The summed E-state index contributed by atoms with van der Waals surface area (Å²) in [5.41, 5.74) is 0.274. The second-order valence-electron chi connectivity index (χ2n) is 4.15. The van der Waals surface area contributed by atoms with E-state index in [0.717, 1.165) is 0 Å². The number of carbonyl (C=O) groups excluding carboxylic acids is 2. The lowest BCUT2D eigenvalue weighted by Gasteiger charge is -2.20. The fraction of sp³-hybridized carbons (Fsp3) is 0.500. The van der Waals surface area contributed by atoms with Gasteiger partial charge in [-0.05, 0) is 38.4 Å². The average molecular weight is 273 g/mol. The van der Waals surface area contributed by atoms with Crippen molar-refractivity contribution in [1.82, 2.24) is 10.2 Å². The second-order valence-corrected chi connectivity index (χ2v) is 4.49. The number of halogens is 1. The van der Waals surface area contributed by atoms with Crippen LogP contribution in [0.2, 0.25) is 5.22 Å². The highest BCUT2D eigenvalue weighted by Gasteiger charge is 2.21. The van der Waals surface area contributed by atoms with Gasteiger partial charge in [0.05, 0.1) is 18.4 Å². The van der Waals surface area contributed by atoms with Crippen molar-refractivity contribution in [3.8, 4) is 0 Å². The van der Waals surface area contributed by atoms with E-state index in [9.17, 15) is 9.59 Å². The van der Waals surface area contributed by atoms with E-state index in [0.29, 0.717) is 6.54 Å². The van der Waals surface area contributed by atoms with Crippen molar-refractivity contribution in [3.05, 3.63) is 23.1 Å². The zero-order valence-corrected chi connectivity index (χ0v) is 11.5. The normalized spacial score (nSPS) is 10.5. The molecule has 0 aliphatic rings. The van der Waals surface area contributed by atoms with E-state index in [1.807, 2.05) is 13.8 Å². The van der Waals surface area contributed by atoms with Gasteiger partial charge in [0, 0.05) is 12.6 Å². The third-order valence-corrected chi connectivity index (χ3v) is 2.59. The molecular weight excluding hydrogens is 256 g/mol. The first-order valence-electron chi connectivity index (χ1n) is 5.77. The molecule has 1 aromatic heterocycles. The molecule has 6 heteroatoms. The van der Waals surface area contributed by atoms with Crippen LogP contribution < -0.4 is 5.32 Å². The highest BCUT2D eigenvalue weighted by atomic mass is 35.5. The van der Waals surface area contributed by atoms with Crippen molar-refractivity contribution in [2.75, 3.05) is 13.1 Å². The van der Waals surface area contributed by atoms with Gasteiger partial charge in [0.1, 0.15) is 0 Å². The smallest absolute Gasteiger partial charge is 0.259 e. The molecule has 2 amide bonds. The molecule has 0 radical (unpaired) electrons. The maximum Gasteiger partial charge on any atom is 0.259 e. The fourth-order valence-corrected chi connectivity index (χ4v) is 1.68. The molecule has 1 rings (SSSR count). The highest BCUT2D eigenvalue weighted by Crippen LogP contribution is 2.18. The molecule has 0 atom stereocenters. The topological polar surface area (TPSA) is 62.6 Å².